The van der Waals surface area contributed by atoms with Gasteiger partial charge in [-0.25, -0.2) is 4.98 Å². The smallest absolute Gasteiger partial charge is 0.230 e. The summed E-state index contributed by atoms with van der Waals surface area (Å²) in [6.07, 6.45) is 4.06. The molecule has 2 aromatic heterocycles. The van der Waals surface area contributed by atoms with Crippen molar-refractivity contribution in [3.05, 3.63) is 59.1 Å². The quantitative estimate of drug-likeness (QED) is 0.707. The van der Waals surface area contributed by atoms with Gasteiger partial charge >= 0.3 is 0 Å². The zero-order valence-electron chi connectivity index (χ0n) is 14.9. The van der Waals surface area contributed by atoms with Crippen molar-refractivity contribution in [2.75, 3.05) is 13.2 Å². The highest BCUT2D eigenvalue weighted by Gasteiger charge is 2.24. The maximum Gasteiger partial charge on any atom is 0.230 e. The minimum atomic E-state index is 0.00121. The summed E-state index contributed by atoms with van der Waals surface area (Å²) >= 11 is 6.03. The van der Waals surface area contributed by atoms with Crippen molar-refractivity contribution < 1.29 is 9.53 Å². The predicted octanol–water partition coefficient (Wildman–Crippen LogP) is 3.36. The molecule has 0 aliphatic carbocycles. The van der Waals surface area contributed by atoms with Gasteiger partial charge < -0.3 is 14.6 Å². The van der Waals surface area contributed by atoms with Gasteiger partial charge in [-0.3, -0.25) is 9.78 Å². The normalized spacial score (nSPS) is 16.7. The molecule has 1 fully saturated rings. The molecule has 3 aromatic rings. The van der Waals surface area contributed by atoms with Gasteiger partial charge in [0.1, 0.15) is 5.82 Å². The minimum Gasteiger partial charge on any atom is -0.376 e. The number of fused-ring (bicyclic) bond motifs is 1. The molecule has 1 atom stereocenters. The van der Waals surface area contributed by atoms with Gasteiger partial charge in [0.25, 0.3) is 0 Å². The molecule has 1 amide bonds. The van der Waals surface area contributed by atoms with Crippen LogP contribution in [0.1, 0.15) is 24.4 Å². The van der Waals surface area contributed by atoms with E-state index < -0.39 is 0 Å². The van der Waals surface area contributed by atoms with Crippen LogP contribution in [-0.2, 0) is 22.5 Å². The standard InChI is InChI=1S/C20H21ClN4O2/c21-14-6-7-17-18(10-14)24-19(23-17)11-20(26)25(13-16-5-3-9-27-16)12-15-4-1-2-8-22-15/h1-2,4,6-8,10,16H,3,5,9,11-13H2,(H,23,24)/t16-/m1/s1. The van der Waals surface area contributed by atoms with Crippen LogP contribution in [0.4, 0.5) is 0 Å². The first kappa shape index (κ1) is 17.9. The highest BCUT2D eigenvalue weighted by atomic mass is 35.5. The molecule has 1 aliphatic rings. The van der Waals surface area contributed by atoms with E-state index in [-0.39, 0.29) is 18.4 Å². The summed E-state index contributed by atoms with van der Waals surface area (Å²) in [7, 11) is 0. The van der Waals surface area contributed by atoms with Gasteiger partial charge in [-0.05, 0) is 43.2 Å². The van der Waals surface area contributed by atoms with E-state index in [0.717, 1.165) is 36.2 Å². The van der Waals surface area contributed by atoms with E-state index in [9.17, 15) is 4.79 Å². The molecule has 0 saturated carbocycles. The summed E-state index contributed by atoms with van der Waals surface area (Å²) in [5, 5.41) is 0.638. The number of nitrogens with one attached hydrogen (secondary N) is 1. The van der Waals surface area contributed by atoms with Gasteiger partial charge in [0.2, 0.25) is 5.91 Å². The first-order valence-corrected chi connectivity index (χ1v) is 9.48. The molecule has 0 unspecified atom stereocenters. The third-order valence-electron chi connectivity index (χ3n) is 4.69. The van der Waals surface area contributed by atoms with Crippen molar-refractivity contribution >= 4 is 28.5 Å². The first-order valence-electron chi connectivity index (χ1n) is 9.11. The fourth-order valence-corrected chi connectivity index (χ4v) is 3.52. The van der Waals surface area contributed by atoms with Gasteiger partial charge in [0, 0.05) is 24.4 Å². The largest absolute Gasteiger partial charge is 0.376 e. The van der Waals surface area contributed by atoms with E-state index in [1.165, 1.54) is 0 Å². The number of halogens is 1. The molecule has 0 spiro atoms. The third-order valence-corrected chi connectivity index (χ3v) is 4.93. The molecular formula is C20H21ClN4O2. The molecule has 1 aliphatic heterocycles. The van der Waals surface area contributed by atoms with E-state index in [0.29, 0.717) is 23.9 Å². The van der Waals surface area contributed by atoms with Crippen LogP contribution in [0.15, 0.2) is 42.6 Å². The summed E-state index contributed by atoms with van der Waals surface area (Å²) in [6, 6.07) is 11.2. The predicted molar refractivity (Wildman–Crippen MR) is 103 cm³/mol. The third kappa shape index (κ3) is 4.46. The number of benzene rings is 1. The zero-order chi connectivity index (χ0) is 18.6. The Labute approximate surface area is 162 Å². The second-order valence-corrected chi connectivity index (χ2v) is 7.19. The van der Waals surface area contributed by atoms with E-state index in [1.54, 1.807) is 12.3 Å². The molecule has 0 bridgehead atoms. The highest BCUT2D eigenvalue weighted by Crippen LogP contribution is 2.19. The van der Waals surface area contributed by atoms with Crippen LogP contribution in [0.5, 0.6) is 0 Å². The fourth-order valence-electron chi connectivity index (χ4n) is 3.35. The zero-order valence-corrected chi connectivity index (χ0v) is 15.7. The van der Waals surface area contributed by atoms with E-state index in [1.807, 2.05) is 35.2 Å². The van der Waals surface area contributed by atoms with Gasteiger partial charge in [-0.15, -0.1) is 0 Å². The Bertz CT molecular complexity index is 922. The molecule has 3 heterocycles. The van der Waals surface area contributed by atoms with Gasteiger partial charge in [0.05, 0.1) is 35.8 Å². The Morgan fingerprint density at radius 3 is 3.04 bits per heavy atom. The fraction of sp³-hybridized carbons (Fsp3) is 0.350. The molecule has 140 valence electrons. The number of H-pyrrole nitrogens is 1. The number of hydrogen-bond acceptors (Lipinski definition) is 4. The lowest BCUT2D eigenvalue weighted by Crippen LogP contribution is -2.38. The van der Waals surface area contributed by atoms with Crippen molar-refractivity contribution in [3.63, 3.8) is 0 Å². The number of carbonyl (C=O) groups excluding carboxylic acids is 1. The SMILES string of the molecule is O=C(Cc1nc2ccc(Cl)cc2[nH]1)N(Cc1ccccn1)C[C@H]1CCCO1. The number of hydrogen-bond donors (Lipinski definition) is 1. The van der Waals surface area contributed by atoms with Crippen LogP contribution in [0, 0.1) is 0 Å². The van der Waals surface area contributed by atoms with Crippen LogP contribution < -0.4 is 0 Å². The summed E-state index contributed by atoms with van der Waals surface area (Å²) in [4.78, 5) is 26.9. The van der Waals surface area contributed by atoms with E-state index in [4.69, 9.17) is 16.3 Å². The molecule has 4 rings (SSSR count). The second-order valence-electron chi connectivity index (χ2n) is 6.75. The monoisotopic (exact) mass is 384 g/mol. The van der Waals surface area contributed by atoms with Crippen molar-refractivity contribution in [1.82, 2.24) is 19.9 Å². The van der Waals surface area contributed by atoms with E-state index in [2.05, 4.69) is 15.0 Å². The number of pyridine rings is 1. The molecule has 0 radical (unpaired) electrons. The van der Waals surface area contributed by atoms with Gasteiger partial charge in [-0.1, -0.05) is 17.7 Å². The summed E-state index contributed by atoms with van der Waals surface area (Å²) in [6.45, 7) is 1.80. The van der Waals surface area contributed by atoms with Crippen LogP contribution >= 0.6 is 11.6 Å². The number of aromatic nitrogens is 3. The maximum absolute atomic E-state index is 13.0. The van der Waals surface area contributed by atoms with Crippen molar-refractivity contribution in [3.8, 4) is 0 Å². The van der Waals surface area contributed by atoms with Crippen LogP contribution in [0.2, 0.25) is 5.02 Å². The Kier molecular flexibility index (Phi) is 5.36. The molecular weight excluding hydrogens is 364 g/mol. The van der Waals surface area contributed by atoms with Crippen LogP contribution in [0.25, 0.3) is 11.0 Å². The van der Waals surface area contributed by atoms with Gasteiger partial charge in [-0.2, -0.15) is 0 Å². The Morgan fingerprint density at radius 1 is 1.33 bits per heavy atom. The van der Waals surface area contributed by atoms with E-state index >= 15 is 0 Å². The maximum atomic E-state index is 13.0. The molecule has 27 heavy (non-hydrogen) atoms. The van der Waals surface area contributed by atoms with Crippen LogP contribution in [-0.4, -0.2) is 45.0 Å². The van der Waals surface area contributed by atoms with Gasteiger partial charge in [0.15, 0.2) is 0 Å². The molecule has 7 heteroatoms. The molecule has 1 N–H and O–H groups in total. The molecule has 1 saturated heterocycles. The number of amides is 1. The Morgan fingerprint density at radius 2 is 2.26 bits per heavy atom. The lowest BCUT2D eigenvalue weighted by atomic mass is 10.2. The van der Waals surface area contributed by atoms with Crippen molar-refractivity contribution in [1.29, 1.82) is 0 Å². The van der Waals surface area contributed by atoms with Crippen LogP contribution in [0.3, 0.4) is 0 Å². The average Bonchev–Trinajstić information content (AvgIpc) is 3.31. The highest BCUT2D eigenvalue weighted by molar-refractivity contribution is 6.31. The minimum absolute atomic E-state index is 0.00121. The summed E-state index contributed by atoms with van der Waals surface area (Å²) in [5.41, 5.74) is 2.50. The molecule has 1 aromatic carbocycles. The number of rotatable bonds is 6. The molecule has 6 nitrogen and oxygen atoms in total. The topological polar surface area (TPSA) is 71.1 Å². The number of nitrogens with zero attached hydrogens (tertiary/aromatic N) is 3. The number of ether oxygens (including phenoxy) is 1. The second kappa shape index (κ2) is 8.06. The average molecular weight is 385 g/mol. The lowest BCUT2D eigenvalue weighted by molar-refractivity contribution is -0.132. The van der Waals surface area contributed by atoms with Crippen molar-refractivity contribution in [2.24, 2.45) is 0 Å². The number of carbonyl (C=O) groups is 1. The first-order chi connectivity index (χ1) is 13.2. The summed E-state index contributed by atoms with van der Waals surface area (Å²) in [5.74, 6) is 0.636. The van der Waals surface area contributed by atoms with Crippen molar-refractivity contribution in [2.45, 2.75) is 31.9 Å². The number of imidazole rings is 1. The Balaban J connectivity index is 1.51. The lowest BCUT2D eigenvalue weighted by Gasteiger charge is -2.25. The number of aromatic amines is 1. The Hall–Kier alpha value is -2.44. The summed E-state index contributed by atoms with van der Waals surface area (Å²) < 4.78 is 5.73.